The Kier molecular flexibility index (Phi) is 3.72. The molecule has 2 aliphatic rings. The quantitative estimate of drug-likeness (QED) is 0.788. The number of nitrogens with one attached hydrogen (secondary N) is 2. The van der Waals surface area contributed by atoms with E-state index in [-0.39, 0.29) is 5.91 Å². The average molecular weight is 252 g/mol. The van der Waals surface area contributed by atoms with E-state index >= 15 is 0 Å². The summed E-state index contributed by atoms with van der Waals surface area (Å²) in [6, 6.07) is 0.483. The zero-order chi connectivity index (χ0) is 13.4. The maximum absolute atomic E-state index is 11.7. The molecule has 2 saturated carbocycles. The fourth-order valence-corrected chi connectivity index (χ4v) is 4.33. The van der Waals surface area contributed by atoms with Crippen LogP contribution in [0.1, 0.15) is 53.4 Å². The first-order chi connectivity index (χ1) is 8.40. The Hall–Kier alpha value is -0.570. The normalized spacial score (nSPS) is 36.9. The molecule has 104 valence electrons. The maximum Gasteiger partial charge on any atom is 0.233 e. The van der Waals surface area contributed by atoms with Gasteiger partial charge in [-0.05, 0) is 42.4 Å². The molecule has 2 fully saturated rings. The largest absolute Gasteiger partial charge is 0.355 e. The van der Waals surface area contributed by atoms with Gasteiger partial charge in [0.25, 0.3) is 0 Å². The van der Waals surface area contributed by atoms with Gasteiger partial charge < -0.3 is 10.6 Å². The molecule has 3 heteroatoms. The first-order valence-corrected chi connectivity index (χ1v) is 7.40. The molecule has 2 N–H and O–H groups in total. The Bertz CT molecular complexity index is 322. The van der Waals surface area contributed by atoms with E-state index in [9.17, 15) is 4.79 Å². The van der Waals surface area contributed by atoms with Crippen molar-refractivity contribution in [1.29, 1.82) is 0 Å². The molecular formula is C15H28N2O. The molecule has 2 rings (SSSR count). The smallest absolute Gasteiger partial charge is 0.233 e. The Morgan fingerprint density at radius 3 is 2.61 bits per heavy atom. The third-order valence-electron chi connectivity index (χ3n) is 5.31. The number of hydrogen-bond acceptors (Lipinski definition) is 2. The lowest BCUT2D eigenvalue weighted by Gasteiger charge is -2.43. The molecular weight excluding hydrogens is 224 g/mol. The van der Waals surface area contributed by atoms with E-state index in [4.69, 9.17) is 0 Å². The van der Waals surface area contributed by atoms with E-state index < -0.39 is 0 Å². The van der Waals surface area contributed by atoms with Crippen molar-refractivity contribution in [2.24, 2.45) is 16.7 Å². The van der Waals surface area contributed by atoms with Crippen LogP contribution in [0, 0.1) is 16.7 Å². The number of carbonyl (C=O) groups excluding carboxylic acids is 1. The van der Waals surface area contributed by atoms with Crippen LogP contribution in [0.5, 0.6) is 0 Å². The van der Waals surface area contributed by atoms with Gasteiger partial charge in [-0.1, -0.05) is 27.7 Å². The van der Waals surface area contributed by atoms with Gasteiger partial charge in [-0.15, -0.1) is 0 Å². The van der Waals surface area contributed by atoms with Crippen molar-refractivity contribution < 1.29 is 4.79 Å². The fourth-order valence-electron chi connectivity index (χ4n) is 4.33. The summed E-state index contributed by atoms with van der Waals surface area (Å²) < 4.78 is 0. The second-order valence-electron chi connectivity index (χ2n) is 7.08. The fraction of sp³-hybridized carbons (Fsp3) is 0.933. The highest BCUT2D eigenvalue weighted by Crippen LogP contribution is 2.62. The van der Waals surface area contributed by atoms with Crippen molar-refractivity contribution >= 4 is 5.91 Å². The van der Waals surface area contributed by atoms with Crippen molar-refractivity contribution in [3.05, 3.63) is 0 Å². The SMILES string of the molecule is CCCNC(=O)CNC1C(C)(C)[C@H]2CC[C@]1(C)C2. The minimum Gasteiger partial charge on any atom is -0.355 e. The second kappa shape index (κ2) is 4.84. The van der Waals surface area contributed by atoms with Crippen LogP contribution in [0.2, 0.25) is 0 Å². The minimum absolute atomic E-state index is 0.138. The third kappa shape index (κ3) is 2.29. The van der Waals surface area contributed by atoms with E-state index in [1.54, 1.807) is 0 Å². The molecule has 1 amide bonds. The first-order valence-electron chi connectivity index (χ1n) is 7.40. The monoisotopic (exact) mass is 252 g/mol. The number of amides is 1. The van der Waals surface area contributed by atoms with Gasteiger partial charge in [0.2, 0.25) is 5.91 Å². The number of carbonyl (C=O) groups is 1. The molecule has 0 aliphatic heterocycles. The summed E-state index contributed by atoms with van der Waals surface area (Å²) in [5.74, 6) is 0.970. The number of fused-ring (bicyclic) bond motifs is 2. The van der Waals surface area contributed by atoms with Gasteiger partial charge in [-0.3, -0.25) is 4.79 Å². The van der Waals surface area contributed by atoms with Gasteiger partial charge in [0, 0.05) is 12.6 Å². The molecule has 0 heterocycles. The third-order valence-corrected chi connectivity index (χ3v) is 5.31. The molecule has 2 aliphatic carbocycles. The number of rotatable bonds is 5. The predicted octanol–water partition coefficient (Wildman–Crippen LogP) is 2.32. The maximum atomic E-state index is 11.7. The standard InChI is InChI=1S/C15H28N2O/c1-5-8-16-12(18)10-17-13-14(2,3)11-6-7-15(13,4)9-11/h11,13,17H,5-10H2,1-4H3,(H,16,18)/t11-,13?,15+/m0/s1. The molecule has 18 heavy (non-hydrogen) atoms. The topological polar surface area (TPSA) is 41.1 Å². The van der Waals surface area contributed by atoms with E-state index in [0.29, 0.717) is 23.4 Å². The van der Waals surface area contributed by atoms with Crippen molar-refractivity contribution in [3.8, 4) is 0 Å². The van der Waals surface area contributed by atoms with Crippen LogP contribution in [0.25, 0.3) is 0 Å². The molecule has 3 atom stereocenters. The Morgan fingerprint density at radius 2 is 2.06 bits per heavy atom. The van der Waals surface area contributed by atoms with Crippen LogP contribution in [0.4, 0.5) is 0 Å². The van der Waals surface area contributed by atoms with Crippen LogP contribution < -0.4 is 10.6 Å². The molecule has 0 aromatic carbocycles. The Morgan fingerprint density at radius 1 is 1.33 bits per heavy atom. The zero-order valence-corrected chi connectivity index (χ0v) is 12.3. The molecule has 0 aromatic rings. The highest BCUT2D eigenvalue weighted by atomic mass is 16.1. The summed E-state index contributed by atoms with van der Waals surface area (Å²) in [5.41, 5.74) is 0.733. The van der Waals surface area contributed by atoms with Gasteiger partial charge >= 0.3 is 0 Å². The van der Waals surface area contributed by atoms with Crippen LogP contribution >= 0.6 is 0 Å². The summed E-state index contributed by atoms with van der Waals surface area (Å²) in [6.45, 7) is 10.5. The van der Waals surface area contributed by atoms with E-state index in [1.807, 2.05) is 0 Å². The van der Waals surface area contributed by atoms with Gasteiger partial charge in [-0.2, -0.15) is 0 Å². The van der Waals surface area contributed by atoms with Crippen LogP contribution in [-0.4, -0.2) is 25.0 Å². The summed E-state index contributed by atoms with van der Waals surface area (Å²) in [5, 5.41) is 6.48. The summed E-state index contributed by atoms with van der Waals surface area (Å²) in [7, 11) is 0. The van der Waals surface area contributed by atoms with Crippen LogP contribution in [0.3, 0.4) is 0 Å². The lowest BCUT2D eigenvalue weighted by Crippen LogP contribution is -2.52. The van der Waals surface area contributed by atoms with Gasteiger partial charge in [-0.25, -0.2) is 0 Å². The van der Waals surface area contributed by atoms with E-state index in [2.05, 4.69) is 38.3 Å². The molecule has 0 spiro atoms. The molecule has 2 bridgehead atoms. The molecule has 0 saturated heterocycles. The van der Waals surface area contributed by atoms with Crippen molar-refractivity contribution in [2.75, 3.05) is 13.1 Å². The minimum atomic E-state index is 0.138. The molecule has 0 aromatic heterocycles. The lowest BCUT2D eigenvalue weighted by atomic mass is 9.68. The Balaban J connectivity index is 1.91. The highest BCUT2D eigenvalue weighted by Gasteiger charge is 2.58. The van der Waals surface area contributed by atoms with Crippen molar-refractivity contribution in [2.45, 2.75) is 59.4 Å². The highest BCUT2D eigenvalue weighted by molar-refractivity contribution is 5.78. The summed E-state index contributed by atoms with van der Waals surface area (Å²) >= 11 is 0. The van der Waals surface area contributed by atoms with Gasteiger partial charge in [0.05, 0.1) is 6.54 Å². The Labute approximate surface area is 111 Å². The van der Waals surface area contributed by atoms with Gasteiger partial charge in [0.1, 0.15) is 0 Å². The summed E-state index contributed by atoms with van der Waals surface area (Å²) in [4.78, 5) is 11.7. The van der Waals surface area contributed by atoms with Gasteiger partial charge in [0.15, 0.2) is 0 Å². The average Bonchev–Trinajstić information content (AvgIpc) is 2.77. The number of hydrogen-bond donors (Lipinski definition) is 2. The molecule has 0 radical (unpaired) electrons. The van der Waals surface area contributed by atoms with Crippen LogP contribution in [-0.2, 0) is 4.79 Å². The summed E-state index contributed by atoms with van der Waals surface area (Å²) in [6.07, 6.45) is 5.01. The molecule has 1 unspecified atom stereocenters. The van der Waals surface area contributed by atoms with Crippen molar-refractivity contribution in [1.82, 2.24) is 10.6 Å². The van der Waals surface area contributed by atoms with E-state index in [0.717, 1.165) is 18.9 Å². The lowest BCUT2D eigenvalue weighted by molar-refractivity contribution is -0.120. The van der Waals surface area contributed by atoms with Crippen LogP contribution in [0.15, 0.2) is 0 Å². The molecule has 3 nitrogen and oxygen atoms in total. The van der Waals surface area contributed by atoms with Crippen molar-refractivity contribution in [3.63, 3.8) is 0 Å². The zero-order valence-electron chi connectivity index (χ0n) is 12.3. The van der Waals surface area contributed by atoms with E-state index in [1.165, 1.54) is 19.3 Å². The predicted molar refractivity (Wildman–Crippen MR) is 74.3 cm³/mol. The second-order valence-corrected chi connectivity index (χ2v) is 7.08. The first kappa shape index (κ1) is 13.9.